The van der Waals surface area contributed by atoms with Gasteiger partial charge in [0.25, 0.3) is 0 Å². The number of aliphatic imine (C=N–C) groups is 1. The van der Waals surface area contributed by atoms with Crippen LogP contribution in [0.2, 0.25) is 0 Å². The van der Waals surface area contributed by atoms with Gasteiger partial charge in [-0.3, -0.25) is 9.79 Å². The van der Waals surface area contributed by atoms with Crippen molar-refractivity contribution in [1.29, 1.82) is 0 Å². The Hall–Kier alpha value is -3.92. The number of amides is 1. The van der Waals surface area contributed by atoms with Crippen molar-refractivity contribution in [1.82, 2.24) is 14.7 Å². The molecule has 1 fully saturated rings. The fourth-order valence-corrected chi connectivity index (χ4v) is 4.67. The summed E-state index contributed by atoms with van der Waals surface area (Å²) >= 11 is 0. The number of carbonyl (C=O) groups excluding carboxylic acids is 1. The van der Waals surface area contributed by atoms with Crippen LogP contribution < -0.4 is 5.32 Å². The predicted octanol–water partition coefficient (Wildman–Crippen LogP) is 5.11. The third-order valence-corrected chi connectivity index (χ3v) is 6.73. The molecule has 0 bridgehead atoms. The van der Waals surface area contributed by atoms with Crippen LogP contribution in [0.3, 0.4) is 0 Å². The molecule has 3 heterocycles. The molecule has 0 radical (unpaired) electrons. The average Bonchev–Trinajstić information content (AvgIpc) is 3.40. The quantitative estimate of drug-likeness (QED) is 0.487. The van der Waals surface area contributed by atoms with Crippen molar-refractivity contribution in [3.8, 4) is 5.69 Å². The van der Waals surface area contributed by atoms with Gasteiger partial charge in [0, 0.05) is 55.4 Å². The molecule has 2 aliphatic rings. The normalized spacial score (nSPS) is 17.8. The van der Waals surface area contributed by atoms with Crippen LogP contribution in [-0.2, 0) is 22.1 Å². The molecule has 1 unspecified atom stereocenters. The molecular formula is C28H28F3N5O2. The Morgan fingerprint density at radius 2 is 1.97 bits per heavy atom. The second-order valence-electron chi connectivity index (χ2n) is 9.47. The van der Waals surface area contributed by atoms with Crippen LogP contribution in [0.1, 0.15) is 34.6 Å². The molecule has 5 rings (SSSR count). The number of aromatic nitrogens is 2. The molecule has 0 saturated carbocycles. The standard InChI is InChI=1S/C28H28F3N5O2/c1-19-5-6-24(34-27(37)12-20-3-2-4-23(11-20)28(29,30)31)14-26(19)36-18-22(16-33-36)21-13-25(17-32-15-21)35-7-9-38-10-8-35/h2-6,11,14-18,21H,7-10,12-13H2,1H3,(H,34,37). The fourth-order valence-electron chi connectivity index (χ4n) is 4.67. The molecule has 7 nitrogen and oxygen atoms in total. The van der Waals surface area contributed by atoms with Gasteiger partial charge in [-0.1, -0.05) is 24.3 Å². The first-order chi connectivity index (χ1) is 18.3. The number of anilines is 1. The molecule has 10 heteroatoms. The third-order valence-electron chi connectivity index (χ3n) is 6.73. The van der Waals surface area contributed by atoms with Crippen LogP contribution >= 0.6 is 0 Å². The van der Waals surface area contributed by atoms with Gasteiger partial charge in [0.2, 0.25) is 5.91 Å². The number of rotatable bonds is 6. The summed E-state index contributed by atoms with van der Waals surface area (Å²) < 4.78 is 46.2. The summed E-state index contributed by atoms with van der Waals surface area (Å²) in [6.45, 7) is 5.11. The van der Waals surface area contributed by atoms with Gasteiger partial charge in [-0.15, -0.1) is 0 Å². The van der Waals surface area contributed by atoms with Gasteiger partial charge < -0.3 is 15.0 Å². The highest BCUT2D eigenvalue weighted by molar-refractivity contribution is 5.92. The average molecular weight is 524 g/mol. The molecule has 198 valence electrons. The lowest BCUT2D eigenvalue weighted by Gasteiger charge is -2.32. The lowest BCUT2D eigenvalue weighted by Crippen LogP contribution is -2.36. The molecule has 1 amide bonds. The summed E-state index contributed by atoms with van der Waals surface area (Å²) in [6, 6.07) is 10.3. The van der Waals surface area contributed by atoms with Crippen LogP contribution in [0.15, 0.2) is 71.7 Å². The second-order valence-corrected chi connectivity index (χ2v) is 9.47. The fraction of sp³-hybridized carbons (Fsp3) is 0.321. The maximum absolute atomic E-state index is 13.0. The Morgan fingerprint density at radius 1 is 1.16 bits per heavy atom. The minimum atomic E-state index is -4.45. The van der Waals surface area contributed by atoms with Crippen LogP contribution in [-0.4, -0.2) is 53.1 Å². The molecule has 1 saturated heterocycles. The number of allylic oxidation sites excluding steroid dienone is 1. The molecule has 1 atom stereocenters. The van der Waals surface area contributed by atoms with E-state index in [0.29, 0.717) is 11.3 Å². The van der Waals surface area contributed by atoms with Crippen LogP contribution in [0.5, 0.6) is 0 Å². The van der Waals surface area contributed by atoms with Gasteiger partial charge in [-0.2, -0.15) is 18.3 Å². The molecule has 2 aromatic carbocycles. The first kappa shape index (κ1) is 25.7. The van der Waals surface area contributed by atoms with Crippen molar-refractivity contribution in [2.24, 2.45) is 4.99 Å². The largest absolute Gasteiger partial charge is 0.416 e. The molecule has 0 aliphatic carbocycles. The number of hydrogen-bond acceptors (Lipinski definition) is 5. The van der Waals surface area contributed by atoms with E-state index >= 15 is 0 Å². The Balaban J connectivity index is 1.27. The predicted molar refractivity (Wildman–Crippen MR) is 138 cm³/mol. The van der Waals surface area contributed by atoms with E-state index in [0.717, 1.165) is 61.7 Å². The smallest absolute Gasteiger partial charge is 0.378 e. The number of halogens is 3. The van der Waals surface area contributed by atoms with E-state index in [1.54, 1.807) is 10.7 Å². The molecule has 1 N–H and O–H groups in total. The highest BCUT2D eigenvalue weighted by Crippen LogP contribution is 2.30. The van der Waals surface area contributed by atoms with Crippen LogP contribution in [0.25, 0.3) is 5.69 Å². The number of morpholine rings is 1. The lowest BCUT2D eigenvalue weighted by molar-refractivity contribution is -0.137. The minimum absolute atomic E-state index is 0.0993. The topological polar surface area (TPSA) is 71.8 Å². The first-order valence-corrected chi connectivity index (χ1v) is 12.4. The SMILES string of the molecule is Cc1ccc(NC(=O)Cc2cccc(C(F)(F)F)c2)cc1-n1cc(C2C=NC=C(N3CCOCC3)C2)cn1. The number of nitrogens with zero attached hydrogens (tertiary/aromatic N) is 4. The van der Waals surface area contributed by atoms with Gasteiger partial charge in [-0.25, -0.2) is 4.68 Å². The Bertz CT molecular complexity index is 1370. The molecule has 0 spiro atoms. The van der Waals surface area contributed by atoms with Gasteiger partial charge >= 0.3 is 6.18 Å². The van der Waals surface area contributed by atoms with Gasteiger partial charge in [0.15, 0.2) is 0 Å². The van der Waals surface area contributed by atoms with E-state index in [9.17, 15) is 18.0 Å². The van der Waals surface area contributed by atoms with E-state index in [2.05, 4.69) is 20.3 Å². The van der Waals surface area contributed by atoms with E-state index < -0.39 is 17.6 Å². The maximum Gasteiger partial charge on any atom is 0.416 e. The Morgan fingerprint density at radius 3 is 2.76 bits per heavy atom. The number of benzene rings is 2. The zero-order chi connectivity index (χ0) is 26.7. The Labute approximate surface area is 218 Å². The molecule has 3 aromatic rings. The summed E-state index contributed by atoms with van der Waals surface area (Å²) in [5.74, 6) is -0.302. The number of carbonyl (C=O) groups is 1. The summed E-state index contributed by atoms with van der Waals surface area (Å²) in [6.07, 6.45) is 3.86. The summed E-state index contributed by atoms with van der Waals surface area (Å²) in [4.78, 5) is 19.4. The number of nitrogens with one attached hydrogen (secondary N) is 1. The van der Waals surface area contributed by atoms with Crippen LogP contribution in [0, 0.1) is 6.92 Å². The van der Waals surface area contributed by atoms with Gasteiger partial charge in [0.1, 0.15) is 0 Å². The zero-order valence-electron chi connectivity index (χ0n) is 20.9. The lowest BCUT2D eigenvalue weighted by atomic mass is 9.96. The van der Waals surface area contributed by atoms with Crippen molar-refractivity contribution in [3.05, 3.63) is 89.0 Å². The number of aryl methyl sites for hydroxylation is 1. The highest BCUT2D eigenvalue weighted by atomic mass is 19.4. The van der Waals surface area contributed by atoms with E-state index in [-0.39, 0.29) is 12.3 Å². The number of hydrogen-bond donors (Lipinski definition) is 1. The Kier molecular flexibility index (Phi) is 7.33. The first-order valence-electron chi connectivity index (χ1n) is 12.4. The second kappa shape index (κ2) is 10.8. The van der Waals surface area contributed by atoms with Gasteiger partial charge in [0.05, 0.1) is 37.1 Å². The molecular weight excluding hydrogens is 495 g/mol. The van der Waals surface area contributed by atoms with Crippen molar-refractivity contribution >= 4 is 17.8 Å². The van der Waals surface area contributed by atoms with E-state index in [1.165, 1.54) is 17.8 Å². The van der Waals surface area contributed by atoms with E-state index in [4.69, 9.17) is 4.74 Å². The van der Waals surface area contributed by atoms with Crippen molar-refractivity contribution in [3.63, 3.8) is 0 Å². The van der Waals surface area contributed by atoms with Crippen molar-refractivity contribution in [2.75, 3.05) is 31.6 Å². The minimum Gasteiger partial charge on any atom is -0.378 e. The van der Waals surface area contributed by atoms with Crippen molar-refractivity contribution < 1.29 is 22.7 Å². The van der Waals surface area contributed by atoms with E-state index in [1.807, 2.05) is 43.9 Å². The number of alkyl halides is 3. The monoisotopic (exact) mass is 523 g/mol. The molecule has 38 heavy (non-hydrogen) atoms. The van der Waals surface area contributed by atoms with Crippen molar-refractivity contribution in [2.45, 2.75) is 31.9 Å². The zero-order valence-corrected chi connectivity index (χ0v) is 20.9. The van der Waals surface area contributed by atoms with Crippen LogP contribution in [0.4, 0.5) is 18.9 Å². The summed E-state index contributed by atoms with van der Waals surface area (Å²) in [7, 11) is 0. The summed E-state index contributed by atoms with van der Waals surface area (Å²) in [5.41, 5.74) is 4.04. The highest BCUT2D eigenvalue weighted by Gasteiger charge is 2.30. The molecule has 2 aliphatic heterocycles. The summed E-state index contributed by atoms with van der Waals surface area (Å²) in [5, 5.41) is 7.36. The number of ether oxygens (including phenoxy) is 1. The molecule has 1 aromatic heterocycles. The third kappa shape index (κ3) is 5.96. The van der Waals surface area contributed by atoms with Gasteiger partial charge in [-0.05, 0) is 41.8 Å². The maximum atomic E-state index is 13.0.